The molecule has 0 aromatic heterocycles. The number of nitrogens with one attached hydrogen (secondary N) is 3. The molecule has 0 saturated heterocycles. The maximum absolute atomic E-state index is 12.1. The Morgan fingerprint density at radius 3 is 2.40 bits per heavy atom. The Labute approximate surface area is 174 Å². The second-order valence-corrected chi connectivity index (χ2v) is 6.03. The third kappa shape index (κ3) is 8.09. The third-order valence-electron chi connectivity index (χ3n) is 3.77. The Morgan fingerprint density at radius 2 is 1.70 bits per heavy atom. The minimum atomic E-state index is -0.467. The molecule has 160 valence electrons. The molecular formula is C21H25N3O6. The molecule has 0 aliphatic carbocycles. The Bertz CT molecular complexity index is 854. The summed E-state index contributed by atoms with van der Waals surface area (Å²) in [5.74, 6) is 0.374. The van der Waals surface area contributed by atoms with Crippen molar-refractivity contribution >= 4 is 29.3 Å². The third-order valence-corrected chi connectivity index (χ3v) is 3.77. The number of benzene rings is 2. The number of methoxy groups -OCH3 is 1. The van der Waals surface area contributed by atoms with E-state index in [2.05, 4.69) is 16.0 Å². The highest BCUT2D eigenvalue weighted by Crippen LogP contribution is 2.17. The number of ether oxygens (including phenoxy) is 3. The smallest absolute Gasteiger partial charge is 0.344 e. The van der Waals surface area contributed by atoms with Gasteiger partial charge in [-0.15, -0.1) is 0 Å². The van der Waals surface area contributed by atoms with Gasteiger partial charge in [0.1, 0.15) is 11.5 Å². The van der Waals surface area contributed by atoms with Crippen molar-refractivity contribution in [1.29, 1.82) is 0 Å². The molecule has 2 rings (SSSR count). The Balaban J connectivity index is 1.71. The standard InChI is InChI=1S/C21H25N3O6/c1-3-29-20(26)14-30-18-6-4-5-16(13-18)23-19(25)11-12-22-21(27)24-15-7-9-17(28-2)10-8-15/h4-10,13H,3,11-12,14H2,1-2H3,(H,23,25)(H2,22,24,27). The number of hydrogen-bond donors (Lipinski definition) is 3. The number of anilines is 2. The Kier molecular flexibility index (Phi) is 8.98. The van der Waals surface area contributed by atoms with Crippen LogP contribution >= 0.6 is 0 Å². The number of hydrogen-bond acceptors (Lipinski definition) is 6. The van der Waals surface area contributed by atoms with Gasteiger partial charge >= 0.3 is 12.0 Å². The van der Waals surface area contributed by atoms with Gasteiger partial charge in [0, 0.05) is 30.4 Å². The van der Waals surface area contributed by atoms with Crippen molar-refractivity contribution in [2.24, 2.45) is 0 Å². The van der Waals surface area contributed by atoms with Crippen molar-refractivity contribution in [2.45, 2.75) is 13.3 Å². The van der Waals surface area contributed by atoms with Gasteiger partial charge < -0.3 is 30.2 Å². The molecule has 3 N–H and O–H groups in total. The van der Waals surface area contributed by atoms with Crippen LogP contribution in [0.5, 0.6) is 11.5 Å². The first-order chi connectivity index (χ1) is 14.5. The van der Waals surface area contributed by atoms with Gasteiger partial charge in [0.25, 0.3) is 0 Å². The molecule has 0 radical (unpaired) electrons. The molecule has 0 aliphatic heterocycles. The van der Waals surface area contributed by atoms with Gasteiger partial charge in [-0.25, -0.2) is 9.59 Å². The lowest BCUT2D eigenvalue weighted by Crippen LogP contribution is -2.31. The fraction of sp³-hybridized carbons (Fsp3) is 0.286. The van der Waals surface area contributed by atoms with Gasteiger partial charge in [0.05, 0.1) is 13.7 Å². The number of carbonyl (C=O) groups is 3. The lowest BCUT2D eigenvalue weighted by atomic mass is 10.3. The van der Waals surface area contributed by atoms with Crippen LogP contribution in [0, 0.1) is 0 Å². The predicted octanol–water partition coefficient (Wildman–Crippen LogP) is 2.79. The highest BCUT2D eigenvalue weighted by molar-refractivity contribution is 5.92. The van der Waals surface area contributed by atoms with Crippen LogP contribution in [0.2, 0.25) is 0 Å². The number of carbonyl (C=O) groups excluding carboxylic acids is 3. The summed E-state index contributed by atoms with van der Waals surface area (Å²) in [6.45, 7) is 1.95. The summed E-state index contributed by atoms with van der Waals surface area (Å²) in [6, 6.07) is 13.1. The van der Waals surface area contributed by atoms with E-state index in [9.17, 15) is 14.4 Å². The molecule has 0 unspecified atom stereocenters. The lowest BCUT2D eigenvalue weighted by molar-refractivity contribution is -0.145. The fourth-order valence-corrected chi connectivity index (χ4v) is 2.37. The molecule has 9 nitrogen and oxygen atoms in total. The molecule has 3 amide bonds. The number of urea groups is 1. The van der Waals surface area contributed by atoms with E-state index in [0.29, 0.717) is 22.9 Å². The predicted molar refractivity (Wildman–Crippen MR) is 112 cm³/mol. The molecule has 0 aliphatic rings. The van der Waals surface area contributed by atoms with Crippen LogP contribution in [-0.4, -0.2) is 44.8 Å². The van der Waals surface area contributed by atoms with E-state index >= 15 is 0 Å². The summed E-state index contributed by atoms with van der Waals surface area (Å²) in [7, 11) is 1.56. The zero-order valence-corrected chi connectivity index (χ0v) is 16.9. The van der Waals surface area contributed by atoms with Crippen LogP contribution in [0.1, 0.15) is 13.3 Å². The number of rotatable bonds is 10. The van der Waals surface area contributed by atoms with Crippen molar-refractivity contribution in [1.82, 2.24) is 5.32 Å². The van der Waals surface area contributed by atoms with Gasteiger partial charge in [0.15, 0.2) is 6.61 Å². The Hall–Kier alpha value is -3.75. The van der Waals surface area contributed by atoms with E-state index in [1.165, 1.54) is 0 Å². The number of esters is 1. The van der Waals surface area contributed by atoms with Crippen LogP contribution in [0.15, 0.2) is 48.5 Å². The van der Waals surface area contributed by atoms with Crippen molar-refractivity contribution in [3.05, 3.63) is 48.5 Å². The van der Waals surface area contributed by atoms with Gasteiger partial charge in [-0.1, -0.05) is 6.07 Å². The van der Waals surface area contributed by atoms with Crippen molar-refractivity contribution < 1.29 is 28.6 Å². The van der Waals surface area contributed by atoms with Crippen LogP contribution in [0.25, 0.3) is 0 Å². The van der Waals surface area contributed by atoms with E-state index in [-0.39, 0.29) is 32.1 Å². The topological polar surface area (TPSA) is 115 Å². The van der Waals surface area contributed by atoms with E-state index in [4.69, 9.17) is 14.2 Å². The molecule has 0 heterocycles. The normalized spacial score (nSPS) is 9.93. The zero-order chi connectivity index (χ0) is 21.8. The van der Waals surface area contributed by atoms with Crippen LogP contribution in [0.3, 0.4) is 0 Å². The average Bonchev–Trinajstić information content (AvgIpc) is 2.73. The van der Waals surface area contributed by atoms with Gasteiger partial charge in [0.2, 0.25) is 5.91 Å². The van der Waals surface area contributed by atoms with Gasteiger partial charge in [-0.05, 0) is 43.3 Å². The second kappa shape index (κ2) is 11.9. The average molecular weight is 415 g/mol. The molecule has 2 aromatic rings. The first-order valence-corrected chi connectivity index (χ1v) is 9.37. The second-order valence-electron chi connectivity index (χ2n) is 6.03. The first kappa shape index (κ1) is 22.5. The van der Waals surface area contributed by atoms with Gasteiger partial charge in [-0.3, -0.25) is 4.79 Å². The molecular weight excluding hydrogens is 390 g/mol. The quantitative estimate of drug-likeness (QED) is 0.514. The molecule has 0 spiro atoms. The molecule has 2 aromatic carbocycles. The SMILES string of the molecule is CCOC(=O)COc1cccc(NC(=O)CCNC(=O)Nc2ccc(OC)cc2)c1. The van der Waals surface area contributed by atoms with Crippen LogP contribution in [0.4, 0.5) is 16.2 Å². The largest absolute Gasteiger partial charge is 0.497 e. The van der Waals surface area contributed by atoms with E-state index in [0.717, 1.165) is 0 Å². The van der Waals surface area contributed by atoms with E-state index in [1.807, 2.05) is 0 Å². The van der Waals surface area contributed by atoms with Crippen LogP contribution in [-0.2, 0) is 14.3 Å². The summed E-state index contributed by atoms with van der Waals surface area (Å²) >= 11 is 0. The maximum atomic E-state index is 12.1. The summed E-state index contributed by atoms with van der Waals surface area (Å²) in [5.41, 5.74) is 1.13. The monoisotopic (exact) mass is 415 g/mol. The molecule has 0 saturated carbocycles. The summed E-state index contributed by atoms with van der Waals surface area (Å²) in [4.78, 5) is 35.3. The number of amides is 3. The fourth-order valence-electron chi connectivity index (χ4n) is 2.37. The minimum absolute atomic E-state index is 0.0872. The minimum Gasteiger partial charge on any atom is -0.497 e. The summed E-state index contributed by atoms with van der Waals surface area (Å²) in [6.07, 6.45) is 0.0872. The van der Waals surface area contributed by atoms with Crippen molar-refractivity contribution in [2.75, 3.05) is 37.5 Å². The van der Waals surface area contributed by atoms with Crippen LogP contribution < -0.4 is 25.4 Å². The molecule has 0 fully saturated rings. The molecule has 0 bridgehead atoms. The van der Waals surface area contributed by atoms with Gasteiger partial charge in [-0.2, -0.15) is 0 Å². The zero-order valence-electron chi connectivity index (χ0n) is 16.9. The summed E-state index contributed by atoms with van der Waals surface area (Å²) < 4.78 is 15.2. The van der Waals surface area contributed by atoms with Crippen molar-refractivity contribution in [3.8, 4) is 11.5 Å². The van der Waals surface area contributed by atoms with E-state index in [1.54, 1.807) is 62.6 Å². The van der Waals surface area contributed by atoms with E-state index < -0.39 is 12.0 Å². The first-order valence-electron chi connectivity index (χ1n) is 9.37. The molecule has 30 heavy (non-hydrogen) atoms. The Morgan fingerprint density at radius 1 is 0.933 bits per heavy atom. The molecule has 9 heteroatoms. The maximum Gasteiger partial charge on any atom is 0.344 e. The molecule has 0 atom stereocenters. The highest BCUT2D eigenvalue weighted by Gasteiger charge is 2.07. The highest BCUT2D eigenvalue weighted by atomic mass is 16.6. The summed E-state index contributed by atoms with van der Waals surface area (Å²) in [5, 5.41) is 7.99. The lowest BCUT2D eigenvalue weighted by Gasteiger charge is -2.10. The van der Waals surface area contributed by atoms with Crippen molar-refractivity contribution in [3.63, 3.8) is 0 Å².